The standard InChI is InChI=1S/C21H23N5O3S/c1-23-21(20(22)28)7-9-26(10-8-21)17-5-3-2-4-15(17)24-18(27)16-13-30-19(25-16)14-6-11-29-12-14/h2-6,11-13,23H,7-10H2,1H3,(H2,22,28)(H,24,27). The lowest BCUT2D eigenvalue weighted by molar-refractivity contribution is -0.125. The molecule has 2 amide bonds. The second kappa shape index (κ2) is 8.29. The van der Waals surface area contributed by atoms with E-state index < -0.39 is 5.54 Å². The number of hydrogen-bond acceptors (Lipinski definition) is 7. The van der Waals surface area contributed by atoms with Crippen LogP contribution in [0.4, 0.5) is 11.4 Å². The van der Waals surface area contributed by atoms with Crippen LogP contribution in [0.5, 0.6) is 0 Å². The molecule has 156 valence electrons. The van der Waals surface area contributed by atoms with Crippen LogP contribution in [0.2, 0.25) is 0 Å². The first-order valence-electron chi connectivity index (χ1n) is 9.65. The van der Waals surface area contributed by atoms with E-state index >= 15 is 0 Å². The quantitative estimate of drug-likeness (QED) is 0.560. The Morgan fingerprint density at radius 2 is 2.00 bits per heavy atom. The minimum atomic E-state index is -0.682. The number of aromatic nitrogens is 1. The van der Waals surface area contributed by atoms with E-state index in [4.69, 9.17) is 10.2 Å². The zero-order valence-corrected chi connectivity index (χ0v) is 17.4. The molecule has 1 fully saturated rings. The minimum absolute atomic E-state index is 0.271. The molecule has 1 aliphatic rings. The summed E-state index contributed by atoms with van der Waals surface area (Å²) in [4.78, 5) is 31.2. The molecule has 3 heterocycles. The Kier molecular flexibility index (Phi) is 5.56. The third kappa shape index (κ3) is 3.81. The second-order valence-electron chi connectivity index (χ2n) is 7.20. The number of nitrogens with zero attached hydrogens (tertiary/aromatic N) is 2. The molecular weight excluding hydrogens is 402 g/mol. The highest BCUT2D eigenvalue weighted by Crippen LogP contribution is 2.32. The molecule has 2 aromatic heterocycles. The Morgan fingerprint density at radius 3 is 2.67 bits per heavy atom. The van der Waals surface area contributed by atoms with Crippen LogP contribution in [0, 0.1) is 0 Å². The van der Waals surface area contributed by atoms with E-state index in [9.17, 15) is 9.59 Å². The van der Waals surface area contributed by atoms with Gasteiger partial charge in [0.1, 0.15) is 22.5 Å². The monoisotopic (exact) mass is 425 g/mol. The molecule has 4 N–H and O–H groups in total. The first-order valence-corrected chi connectivity index (χ1v) is 10.5. The van der Waals surface area contributed by atoms with Crippen molar-refractivity contribution in [1.29, 1.82) is 0 Å². The molecule has 9 heteroatoms. The second-order valence-corrected chi connectivity index (χ2v) is 8.06. The van der Waals surface area contributed by atoms with Crippen molar-refractivity contribution in [3.63, 3.8) is 0 Å². The fourth-order valence-corrected chi connectivity index (χ4v) is 4.47. The molecule has 1 aromatic carbocycles. The number of primary amides is 1. The molecule has 0 aliphatic carbocycles. The number of piperidine rings is 1. The normalized spacial score (nSPS) is 15.7. The van der Waals surface area contributed by atoms with E-state index in [1.807, 2.05) is 30.3 Å². The van der Waals surface area contributed by atoms with Crippen molar-refractivity contribution in [2.75, 3.05) is 30.4 Å². The summed E-state index contributed by atoms with van der Waals surface area (Å²) in [6.45, 7) is 1.30. The van der Waals surface area contributed by atoms with Crippen LogP contribution >= 0.6 is 11.3 Å². The van der Waals surface area contributed by atoms with Crippen molar-refractivity contribution in [2.24, 2.45) is 5.73 Å². The zero-order chi connectivity index (χ0) is 21.1. The molecule has 0 atom stereocenters. The maximum Gasteiger partial charge on any atom is 0.275 e. The summed E-state index contributed by atoms with van der Waals surface area (Å²) in [6.07, 6.45) is 4.37. The molecule has 1 aliphatic heterocycles. The van der Waals surface area contributed by atoms with Gasteiger partial charge in [0, 0.05) is 24.0 Å². The van der Waals surface area contributed by atoms with Gasteiger partial charge in [-0.25, -0.2) is 4.98 Å². The number of para-hydroxylation sites is 2. The van der Waals surface area contributed by atoms with Crippen LogP contribution in [0.25, 0.3) is 10.6 Å². The molecule has 0 unspecified atom stereocenters. The fraction of sp³-hybridized carbons (Fsp3) is 0.286. The van der Waals surface area contributed by atoms with Crippen molar-refractivity contribution < 1.29 is 14.0 Å². The van der Waals surface area contributed by atoms with Gasteiger partial charge in [-0.1, -0.05) is 12.1 Å². The van der Waals surface area contributed by atoms with Crippen LogP contribution in [-0.2, 0) is 4.79 Å². The van der Waals surface area contributed by atoms with E-state index in [-0.39, 0.29) is 11.8 Å². The summed E-state index contributed by atoms with van der Waals surface area (Å²) < 4.78 is 5.08. The van der Waals surface area contributed by atoms with Gasteiger partial charge >= 0.3 is 0 Å². The maximum absolute atomic E-state index is 12.8. The summed E-state index contributed by atoms with van der Waals surface area (Å²) in [5, 5.41) is 8.52. The first kappa shape index (κ1) is 20.1. The first-order chi connectivity index (χ1) is 14.5. The van der Waals surface area contributed by atoms with Crippen molar-refractivity contribution in [3.05, 3.63) is 53.9 Å². The van der Waals surface area contributed by atoms with Crippen molar-refractivity contribution >= 4 is 34.5 Å². The molecule has 0 spiro atoms. The summed E-state index contributed by atoms with van der Waals surface area (Å²) in [5.74, 6) is -0.602. The van der Waals surface area contributed by atoms with Crippen LogP contribution in [0.1, 0.15) is 23.3 Å². The molecule has 30 heavy (non-hydrogen) atoms. The van der Waals surface area contributed by atoms with E-state index in [0.29, 0.717) is 37.3 Å². The number of anilines is 2. The average molecular weight is 426 g/mol. The SMILES string of the molecule is CNC1(C(N)=O)CCN(c2ccccc2NC(=O)c2csc(-c3ccoc3)n2)CC1. The zero-order valence-electron chi connectivity index (χ0n) is 16.6. The number of thiazole rings is 1. The Labute approximate surface area is 178 Å². The molecule has 1 saturated heterocycles. The number of likely N-dealkylation sites (N-methyl/N-ethyl adjacent to an activating group) is 1. The van der Waals surface area contributed by atoms with Crippen molar-refractivity contribution in [3.8, 4) is 10.6 Å². The largest absolute Gasteiger partial charge is 0.472 e. The third-order valence-corrected chi connectivity index (χ3v) is 6.46. The lowest BCUT2D eigenvalue weighted by Gasteiger charge is -2.41. The molecule has 8 nitrogen and oxygen atoms in total. The number of carbonyl (C=O) groups is 2. The summed E-state index contributed by atoms with van der Waals surface area (Å²) in [6, 6.07) is 9.44. The van der Waals surface area contributed by atoms with Gasteiger partial charge in [-0.15, -0.1) is 11.3 Å². The minimum Gasteiger partial charge on any atom is -0.472 e. The Hall–Kier alpha value is -3.17. The fourth-order valence-electron chi connectivity index (χ4n) is 3.69. The topological polar surface area (TPSA) is 113 Å². The van der Waals surface area contributed by atoms with E-state index in [0.717, 1.165) is 16.3 Å². The number of nitrogens with two attached hydrogens (primary N) is 1. The van der Waals surface area contributed by atoms with Crippen LogP contribution in [0.3, 0.4) is 0 Å². The van der Waals surface area contributed by atoms with Crippen molar-refractivity contribution in [1.82, 2.24) is 10.3 Å². The van der Waals surface area contributed by atoms with Crippen LogP contribution in [0.15, 0.2) is 52.7 Å². The van der Waals surface area contributed by atoms with Gasteiger partial charge < -0.3 is 25.7 Å². The predicted octanol–water partition coefficient (Wildman–Crippen LogP) is 2.70. The summed E-state index contributed by atoms with van der Waals surface area (Å²) in [7, 11) is 1.76. The molecule has 0 radical (unpaired) electrons. The highest BCUT2D eigenvalue weighted by atomic mass is 32.1. The van der Waals surface area contributed by atoms with Crippen molar-refractivity contribution in [2.45, 2.75) is 18.4 Å². The predicted molar refractivity (Wildman–Crippen MR) is 117 cm³/mol. The number of nitrogens with one attached hydrogen (secondary N) is 2. The number of hydrogen-bond donors (Lipinski definition) is 3. The lowest BCUT2D eigenvalue weighted by atomic mass is 9.86. The van der Waals surface area contributed by atoms with Gasteiger partial charge in [-0.3, -0.25) is 9.59 Å². The lowest BCUT2D eigenvalue weighted by Crippen LogP contribution is -2.59. The number of rotatable bonds is 6. The third-order valence-electron chi connectivity index (χ3n) is 5.57. The Morgan fingerprint density at radius 1 is 1.23 bits per heavy atom. The van der Waals surface area contributed by atoms with Gasteiger partial charge in [-0.05, 0) is 38.1 Å². The molecule has 0 bridgehead atoms. The highest BCUT2D eigenvalue weighted by Gasteiger charge is 2.38. The van der Waals surface area contributed by atoms with Crippen LogP contribution in [-0.4, -0.2) is 42.5 Å². The van der Waals surface area contributed by atoms with Gasteiger partial charge in [0.05, 0.1) is 17.6 Å². The number of amides is 2. The number of carbonyl (C=O) groups excluding carboxylic acids is 2. The van der Waals surface area contributed by atoms with Crippen LogP contribution < -0.4 is 21.3 Å². The molecular formula is C21H23N5O3S. The Bertz CT molecular complexity index is 1040. The van der Waals surface area contributed by atoms with Gasteiger partial charge in [0.15, 0.2) is 0 Å². The summed E-state index contributed by atoms with van der Waals surface area (Å²) >= 11 is 1.39. The highest BCUT2D eigenvalue weighted by molar-refractivity contribution is 7.13. The number of furan rings is 1. The Balaban J connectivity index is 1.49. The van der Waals surface area contributed by atoms with Gasteiger partial charge in [-0.2, -0.15) is 0 Å². The molecule has 3 aromatic rings. The van der Waals surface area contributed by atoms with Gasteiger partial charge in [0.25, 0.3) is 5.91 Å². The molecule has 4 rings (SSSR count). The van der Waals surface area contributed by atoms with E-state index in [1.54, 1.807) is 25.0 Å². The smallest absolute Gasteiger partial charge is 0.275 e. The van der Waals surface area contributed by atoms with E-state index in [1.165, 1.54) is 11.3 Å². The molecule has 0 saturated carbocycles. The average Bonchev–Trinajstić information content (AvgIpc) is 3.46. The van der Waals surface area contributed by atoms with Gasteiger partial charge in [0.2, 0.25) is 5.91 Å². The van der Waals surface area contributed by atoms with E-state index in [2.05, 4.69) is 20.5 Å². The maximum atomic E-state index is 12.8. The summed E-state index contributed by atoms with van der Waals surface area (Å²) in [5.41, 5.74) is 7.73. The number of benzene rings is 1.